The average molecular weight is 286 g/mol. The van der Waals surface area contributed by atoms with Crippen molar-refractivity contribution in [1.29, 1.82) is 0 Å². The number of amides is 2. The van der Waals surface area contributed by atoms with Crippen LogP contribution in [0.5, 0.6) is 5.75 Å². The van der Waals surface area contributed by atoms with Crippen LogP contribution in [0.15, 0.2) is 29.4 Å². The first-order valence-electron chi connectivity index (χ1n) is 4.60. The summed E-state index contributed by atoms with van der Waals surface area (Å²) in [7, 11) is 0. The summed E-state index contributed by atoms with van der Waals surface area (Å²) in [6.07, 6.45) is 1.48. The van der Waals surface area contributed by atoms with Crippen LogP contribution in [0.1, 0.15) is 5.56 Å². The molecule has 86 valence electrons. The number of nitrogens with zero attached hydrogens (tertiary/aromatic N) is 1. The highest BCUT2D eigenvalue weighted by molar-refractivity contribution is 9.09. The van der Waals surface area contributed by atoms with Crippen LogP contribution in [0.4, 0.5) is 4.79 Å². The van der Waals surface area contributed by atoms with E-state index in [-0.39, 0.29) is 0 Å². The summed E-state index contributed by atoms with van der Waals surface area (Å²) < 4.78 is 5.46. The summed E-state index contributed by atoms with van der Waals surface area (Å²) >= 11 is 3.27. The Labute approximate surface area is 102 Å². The Morgan fingerprint density at radius 3 is 3.00 bits per heavy atom. The number of benzene rings is 1. The number of ether oxygens (including phenoxy) is 1. The van der Waals surface area contributed by atoms with Crippen LogP contribution < -0.4 is 15.9 Å². The molecule has 16 heavy (non-hydrogen) atoms. The zero-order valence-corrected chi connectivity index (χ0v) is 10.1. The number of nitrogens with one attached hydrogen (secondary N) is 1. The maximum absolute atomic E-state index is 10.4. The van der Waals surface area contributed by atoms with Gasteiger partial charge in [0.25, 0.3) is 0 Å². The van der Waals surface area contributed by atoms with Gasteiger partial charge in [-0.15, -0.1) is 0 Å². The lowest BCUT2D eigenvalue weighted by Crippen LogP contribution is -2.24. The van der Waals surface area contributed by atoms with Crippen molar-refractivity contribution in [3.63, 3.8) is 0 Å². The molecule has 0 saturated heterocycles. The molecule has 0 aliphatic heterocycles. The van der Waals surface area contributed by atoms with E-state index in [4.69, 9.17) is 10.5 Å². The maximum Gasteiger partial charge on any atom is 0.332 e. The molecule has 0 radical (unpaired) electrons. The third-order valence-electron chi connectivity index (χ3n) is 1.63. The molecule has 6 heteroatoms. The number of para-hydroxylation sites is 1. The van der Waals surface area contributed by atoms with Gasteiger partial charge in [0.05, 0.1) is 12.8 Å². The molecule has 1 aromatic carbocycles. The first-order chi connectivity index (χ1) is 7.74. The Hall–Kier alpha value is -1.56. The summed E-state index contributed by atoms with van der Waals surface area (Å²) in [5.74, 6) is 0.706. The lowest BCUT2D eigenvalue weighted by Gasteiger charge is -2.06. The molecule has 0 unspecified atom stereocenters. The topological polar surface area (TPSA) is 76.7 Å². The van der Waals surface area contributed by atoms with Gasteiger partial charge < -0.3 is 10.5 Å². The number of nitrogens with two attached hydrogens (primary N) is 1. The summed E-state index contributed by atoms with van der Waals surface area (Å²) in [6.45, 7) is 0.564. The van der Waals surface area contributed by atoms with Crippen molar-refractivity contribution in [3.05, 3.63) is 29.8 Å². The molecule has 1 aromatic rings. The van der Waals surface area contributed by atoms with Crippen molar-refractivity contribution in [2.75, 3.05) is 11.9 Å². The highest BCUT2D eigenvalue weighted by Crippen LogP contribution is 2.15. The van der Waals surface area contributed by atoms with Crippen LogP contribution >= 0.6 is 15.9 Å². The van der Waals surface area contributed by atoms with Gasteiger partial charge in [0.1, 0.15) is 5.75 Å². The van der Waals surface area contributed by atoms with Crippen molar-refractivity contribution in [2.24, 2.45) is 10.8 Å². The van der Waals surface area contributed by atoms with Gasteiger partial charge in [-0.1, -0.05) is 28.1 Å². The van der Waals surface area contributed by atoms with Gasteiger partial charge >= 0.3 is 6.03 Å². The number of alkyl halides is 1. The van der Waals surface area contributed by atoms with E-state index in [1.807, 2.05) is 24.3 Å². The number of halogens is 1. The fourth-order valence-electron chi connectivity index (χ4n) is 1.03. The second-order valence-electron chi connectivity index (χ2n) is 2.81. The van der Waals surface area contributed by atoms with E-state index in [1.54, 1.807) is 0 Å². The lowest BCUT2D eigenvalue weighted by atomic mass is 10.2. The molecule has 0 aliphatic carbocycles. The largest absolute Gasteiger partial charge is 0.492 e. The fourth-order valence-corrected chi connectivity index (χ4v) is 1.19. The number of carbonyl (C=O) groups excluding carboxylic acids is 1. The Bertz CT molecular complexity index is 382. The zero-order chi connectivity index (χ0) is 11.8. The van der Waals surface area contributed by atoms with Gasteiger partial charge in [-0.05, 0) is 12.1 Å². The highest BCUT2D eigenvalue weighted by Gasteiger charge is 1.99. The highest BCUT2D eigenvalue weighted by atomic mass is 79.9. The number of hydrazone groups is 1. The number of rotatable bonds is 5. The number of hydrogen-bond donors (Lipinski definition) is 2. The van der Waals surface area contributed by atoms with Crippen LogP contribution in [0.2, 0.25) is 0 Å². The Morgan fingerprint density at radius 1 is 1.56 bits per heavy atom. The Morgan fingerprint density at radius 2 is 2.31 bits per heavy atom. The molecular formula is C10H12BrN3O2. The number of carbonyl (C=O) groups is 1. The van der Waals surface area contributed by atoms with Gasteiger partial charge in [0, 0.05) is 10.9 Å². The molecule has 3 N–H and O–H groups in total. The molecule has 0 spiro atoms. The predicted molar refractivity (Wildman–Crippen MR) is 66.0 cm³/mol. The third kappa shape index (κ3) is 4.31. The summed E-state index contributed by atoms with van der Waals surface area (Å²) in [6, 6.07) is 6.68. The first kappa shape index (κ1) is 12.5. The normalized spacial score (nSPS) is 10.3. The molecular weight excluding hydrogens is 274 g/mol. The third-order valence-corrected chi connectivity index (χ3v) is 1.96. The molecule has 1 rings (SSSR count). The van der Waals surface area contributed by atoms with Crippen molar-refractivity contribution in [3.8, 4) is 5.75 Å². The Kier molecular flexibility index (Phi) is 5.35. The summed E-state index contributed by atoms with van der Waals surface area (Å²) in [5, 5.41) is 4.42. The van der Waals surface area contributed by atoms with Crippen molar-refractivity contribution in [2.45, 2.75) is 0 Å². The number of urea groups is 1. The van der Waals surface area contributed by atoms with Crippen LogP contribution in [-0.2, 0) is 0 Å². The van der Waals surface area contributed by atoms with Crippen LogP contribution in [0, 0.1) is 0 Å². The van der Waals surface area contributed by atoms with E-state index in [0.717, 1.165) is 10.9 Å². The first-order valence-corrected chi connectivity index (χ1v) is 5.72. The molecule has 0 saturated carbocycles. The van der Waals surface area contributed by atoms with E-state index >= 15 is 0 Å². The summed E-state index contributed by atoms with van der Waals surface area (Å²) in [4.78, 5) is 10.4. The molecule has 0 atom stereocenters. The molecule has 5 nitrogen and oxygen atoms in total. The minimum absolute atomic E-state index is 0.564. The van der Waals surface area contributed by atoms with Crippen molar-refractivity contribution in [1.82, 2.24) is 5.43 Å². The van der Waals surface area contributed by atoms with E-state index in [9.17, 15) is 4.79 Å². The molecule has 0 fully saturated rings. The van der Waals surface area contributed by atoms with E-state index in [2.05, 4.69) is 26.5 Å². The van der Waals surface area contributed by atoms with Gasteiger partial charge in [-0.25, -0.2) is 10.2 Å². The van der Waals surface area contributed by atoms with E-state index < -0.39 is 6.03 Å². The average Bonchev–Trinajstić information content (AvgIpc) is 2.27. The predicted octanol–water partition coefficient (Wildman–Crippen LogP) is 1.46. The van der Waals surface area contributed by atoms with Crippen LogP contribution in [-0.4, -0.2) is 24.2 Å². The Balaban J connectivity index is 2.70. The lowest BCUT2D eigenvalue weighted by molar-refractivity contribution is 0.249. The van der Waals surface area contributed by atoms with Crippen LogP contribution in [0.3, 0.4) is 0 Å². The van der Waals surface area contributed by atoms with E-state index in [0.29, 0.717) is 12.4 Å². The standard InChI is InChI=1S/C10H12BrN3O2/c11-5-6-16-9-4-2-1-3-8(9)7-13-14-10(12)15/h1-4,7H,5-6H2,(H3,12,14,15)/b13-7+. The molecule has 0 aromatic heterocycles. The van der Waals surface area contributed by atoms with Gasteiger partial charge in [0.15, 0.2) is 0 Å². The summed E-state index contributed by atoms with van der Waals surface area (Å²) in [5.41, 5.74) is 7.77. The monoisotopic (exact) mass is 285 g/mol. The molecule has 0 heterocycles. The smallest absolute Gasteiger partial charge is 0.332 e. The SMILES string of the molecule is NC(=O)N/N=C/c1ccccc1OCCBr. The van der Waals surface area contributed by atoms with Gasteiger partial charge in [0.2, 0.25) is 0 Å². The van der Waals surface area contributed by atoms with Gasteiger partial charge in [-0.2, -0.15) is 5.10 Å². The second kappa shape index (κ2) is 6.84. The quantitative estimate of drug-likeness (QED) is 0.488. The van der Waals surface area contributed by atoms with Crippen LogP contribution in [0.25, 0.3) is 0 Å². The van der Waals surface area contributed by atoms with Crippen molar-refractivity contribution >= 4 is 28.2 Å². The van der Waals surface area contributed by atoms with Gasteiger partial charge in [-0.3, -0.25) is 0 Å². The van der Waals surface area contributed by atoms with Crippen molar-refractivity contribution < 1.29 is 9.53 Å². The minimum atomic E-state index is -0.699. The molecule has 0 aliphatic rings. The second-order valence-corrected chi connectivity index (χ2v) is 3.60. The number of hydrogen-bond acceptors (Lipinski definition) is 3. The molecule has 2 amide bonds. The minimum Gasteiger partial charge on any atom is -0.492 e. The zero-order valence-electron chi connectivity index (χ0n) is 8.52. The maximum atomic E-state index is 10.4. The molecule has 0 bridgehead atoms. The fraction of sp³-hybridized carbons (Fsp3) is 0.200. The van der Waals surface area contributed by atoms with E-state index in [1.165, 1.54) is 6.21 Å². The number of primary amides is 1.